The first-order valence-corrected chi connectivity index (χ1v) is 8.70. The van der Waals surface area contributed by atoms with E-state index in [1.807, 2.05) is 0 Å². The smallest absolute Gasteiger partial charge is 0.429 e. The topological polar surface area (TPSA) is 80.8 Å². The number of pyridine rings is 1. The molecule has 1 unspecified atom stereocenters. The number of fused-ring (bicyclic) bond motifs is 1. The summed E-state index contributed by atoms with van der Waals surface area (Å²) in [6.07, 6.45) is -1.00. The van der Waals surface area contributed by atoms with Crippen molar-refractivity contribution in [2.75, 3.05) is 4.90 Å². The fourth-order valence-corrected chi connectivity index (χ4v) is 3.21. The van der Waals surface area contributed by atoms with Crippen LogP contribution in [0.2, 0.25) is 0 Å². The molecule has 3 amide bonds. The van der Waals surface area contributed by atoms with Crippen LogP contribution in [-0.2, 0) is 9.53 Å². The quantitative estimate of drug-likeness (QED) is 0.778. The SMILES string of the molecule is CC1(C)NC(=O)N(c2ccc(OC3=CCC4=COC(C(F)(F)F)C4=C3)nc2)C1=O. The van der Waals surface area contributed by atoms with E-state index in [1.54, 1.807) is 19.9 Å². The second-order valence-electron chi connectivity index (χ2n) is 7.26. The Bertz CT molecular complexity index is 977. The van der Waals surface area contributed by atoms with Crippen LogP contribution in [0.25, 0.3) is 0 Å². The summed E-state index contributed by atoms with van der Waals surface area (Å²) in [4.78, 5) is 29.4. The number of amides is 3. The predicted molar refractivity (Wildman–Crippen MR) is 94.8 cm³/mol. The number of anilines is 1. The first kappa shape index (κ1) is 19.0. The van der Waals surface area contributed by atoms with Gasteiger partial charge in [-0.1, -0.05) is 0 Å². The van der Waals surface area contributed by atoms with Crippen molar-refractivity contribution in [1.82, 2.24) is 10.3 Å². The summed E-state index contributed by atoms with van der Waals surface area (Å²) in [7, 11) is 0. The van der Waals surface area contributed by atoms with Crippen molar-refractivity contribution >= 4 is 17.6 Å². The number of ether oxygens (including phenoxy) is 2. The number of carbonyl (C=O) groups excluding carboxylic acids is 2. The van der Waals surface area contributed by atoms with Crippen LogP contribution in [-0.4, -0.2) is 34.7 Å². The average molecular weight is 407 g/mol. The van der Waals surface area contributed by atoms with Gasteiger partial charge in [-0.2, -0.15) is 13.2 Å². The van der Waals surface area contributed by atoms with E-state index in [-0.39, 0.29) is 29.3 Å². The number of carbonyl (C=O) groups is 2. The molecule has 0 saturated carbocycles. The first-order valence-electron chi connectivity index (χ1n) is 8.70. The van der Waals surface area contributed by atoms with E-state index in [9.17, 15) is 22.8 Å². The number of nitrogens with one attached hydrogen (secondary N) is 1. The largest absolute Gasteiger partial charge is 0.483 e. The molecule has 1 N–H and O–H groups in total. The van der Waals surface area contributed by atoms with Gasteiger partial charge < -0.3 is 14.8 Å². The average Bonchev–Trinajstić information content (AvgIpc) is 3.14. The molecule has 1 atom stereocenters. The summed E-state index contributed by atoms with van der Waals surface area (Å²) < 4.78 is 49.5. The van der Waals surface area contributed by atoms with Crippen molar-refractivity contribution in [2.24, 2.45) is 0 Å². The zero-order valence-electron chi connectivity index (χ0n) is 15.4. The maximum absolute atomic E-state index is 13.1. The molecule has 0 bridgehead atoms. The molecule has 3 heterocycles. The summed E-state index contributed by atoms with van der Waals surface area (Å²) in [6.45, 7) is 3.18. The molecule has 29 heavy (non-hydrogen) atoms. The van der Waals surface area contributed by atoms with Gasteiger partial charge in [-0.05, 0) is 44.1 Å². The van der Waals surface area contributed by atoms with Crippen molar-refractivity contribution in [3.63, 3.8) is 0 Å². The highest BCUT2D eigenvalue weighted by Gasteiger charge is 2.48. The van der Waals surface area contributed by atoms with Crippen LogP contribution >= 0.6 is 0 Å². The zero-order valence-corrected chi connectivity index (χ0v) is 15.4. The fraction of sp³-hybridized carbons (Fsp3) is 0.316. The summed E-state index contributed by atoms with van der Waals surface area (Å²) in [6, 6.07) is 2.34. The summed E-state index contributed by atoms with van der Waals surface area (Å²) in [5.74, 6) is -0.109. The number of hydrogen-bond acceptors (Lipinski definition) is 5. The Morgan fingerprint density at radius 3 is 2.66 bits per heavy atom. The van der Waals surface area contributed by atoms with E-state index in [0.29, 0.717) is 5.57 Å². The molecular weight excluding hydrogens is 391 g/mol. The molecule has 1 aromatic rings. The standard InChI is InChI=1S/C19H16F3N3O4/c1-18(2)16(26)25(17(27)24-18)11-4-6-14(23-8-11)29-12-5-3-10-9-28-15(13(10)7-12)19(20,21)22/h4-9,15H,3H2,1-2H3,(H,24,27). The van der Waals surface area contributed by atoms with Crippen molar-refractivity contribution in [3.8, 4) is 5.88 Å². The molecule has 7 nitrogen and oxygen atoms in total. The van der Waals surface area contributed by atoms with Crippen LogP contribution in [0.4, 0.5) is 23.7 Å². The second-order valence-corrected chi connectivity index (χ2v) is 7.26. The minimum Gasteiger partial charge on any atom is -0.483 e. The van der Waals surface area contributed by atoms with Gasteiger partial charge in [-0.3, -0.25) is 4.79 Å². The third kappa shape index (κ3) is 3.34. The number of urea groups is 1. The number of alkyl halides is 3. The summed E-state index contributed by atoms with van der Waals surface area (Å²) >= 11 is 0. The Labute approximate surface area is 163 Å². The third-order valence-corrected chi connectivity index (χ3v) is 4.68. The Morgan fingerprint density at radius 1 is 1.31 bits per heavy atom. The molecule has 1 aliphatic carbocycles. The molecule has 4 rings (SSSR count). The molecule has 0 aromatic carbocycles. The highest BCUT2D eigenvalue weighted by molar-refractivity contribution is 6.22. The highest BCUT2D eigenvalue weighted by Crippen LogP contribution is 2.40. The van der Waals surface area contributed by atoms with Crippen LogP contribution in [0.3, 0.4) is 0 Å². The van der Waals surface area contributed by atoms with Gasteiger partial charge in [-0.15, -0.1) is 0 Å². The Hall–Kier alpha value is -3.30. The number of halogens is 3. The van der Waals surface area contributed by atoms with Crippen molar-refractivity contribution in [1.29, 1.82) is 0 Å². The minimum absolute atomic E-state index is 0.00758. The predicted octanol–water partition coefficient (Wildman–Crippen LogP) is 3.35. The van der Waals surface area contributed by atoms with Crippen molar-refractivity contribution in [3.05, 3.63) is 53.6 Å². The molecule has 0 spiro atoms. The second kappa shape index (κ2) is 6.36. The Kier molecular flexibility index (Phi) is 4.18. The molecule has 0 radical (unpaired) electrons. The lowest BCUT2D eigenvalue weighted by Gasteiger charge is -2.20. The maximum atomic E-state index is 13.1. The van der Waals surface area contributed by atoms with Gasteiger partial charge in [0.05, 0.1) is 18.1 Å². The van der Waals surface area contributed by atoms with Crippen LogP contribution in [0, 0.1) is 0 Å². The lowest BCUT2D eigenvalue weighted by atomic mass is 9.95. The molecule has 1 saturated heterocycles. The monoisotopic (exact) mass is 407 g/mol. The van der Waals surface area contributed by atoms with Crippen molar-refractivity contribution < 1.29 is 32.2 Å². The van der Waals surface area contributed by atoms with Gasteiger partial charge in [0.2, 0.25) is 12.0 Å². The maximum Gasteiger partial charge on any atom is 0.429 e. The Morgan fingerprint density at radius 2 is 2.07 bits per heavy atom. The van der Waals surface area contributed by atoms with E-state index < -0.39 is 29.8 Å². The molecule has 152 valence electrons. The normalized spacial score (nSPS) is 23.0. The van der Waals surface area contributed by atoms with Crippen molar-refractivity contribution in [2.45, 2.75) is 38.1 Å². The van der Waals surface area contributed by atoms with E-state index in [2.05, 4.69) is 10.3 Å². The van der Waals surface area contributed by atoms with Gasteiger partial charge in [0.1, 0.15) is 11.3 Å². The number of rotatable bonds is 3. The van der Waals surface area contributed by atoms with E-state index in [4.69, 9.17) is 9.47 Å². The third-order valence-electron chi connectivity index (χ3n) is 4.68. The number of hydrogen-bond donors (Lipinski definition) is 1. The molecule has 2 aliphatic heterocycles. The number of nitrogens with zero attached hydrogens (tertiary/aromatic N) is 2. The minimum atomic E-state index is -4.52. The first-order chi connectivity index (χ1) is 13.6. The lowest BCUT2D eigenvalue weighted by Crippen LogP contribution is -2.40. The van der Waals surface area contributed by atoms with Gasteiger partial charge in [0.15, 0.2) is 0 Å². The molecular formula is C19H16F3N3O4. The van der Waals surface area contributed by atoms with Gasteiger partial charge in [-0.25, -0.2) is 14.7 Å². The van der Waals surface area contributed by atoms with E-state index in [0.717, 1.165) is 11.2 Å². The Balaban J connectivity index is 1.50. The number of imide groups is 1. The molecule has 3 aliphatic rings. The number of allylic oxidation sites excluding steroid dienone is 2. The lowest BCUT2D eigenvalue weighted by molar-refractivity contribution is -0.188. The van der Waals surface area contributed by atoms with Gasteiger partial charge in [0, 0.05) is 11.6 Å². The molecule has 1 aromatic heterocycles. The highest BCUT2D eigenvalue weighted by atomic mass is 19.4. The van der Waals surface area contributed by atoms with Crippen LogP contribution in [0.1, 0.15) is 20.3 Å². The number of aromatic nitrogens is 1. The molecule has 1 fully saturated rings. The molecule has 10 heteroatoms. The van der Waals surface area contributed by atoms with Crippen LogP contribution < -0.4 is 15.0 Å². The van der Waals surface area contributed by atoms with Gasteiger partial charge in [0.25, 0.3) is 5.91 Å². The fourth-order valence-electron chi connectivity index (χ4n) is 3.21. The van der Waals surface area contributed by atoms with Gasteiger partial charge >= 0.3 is 12.2 Å². The van der Waals surface area contributed by atoms with Crippen LogP contribution in [0.5, 0.6) is 5.88 Å². The summed E-state index contributed by atoms with van der Waals surface area (Å²) in [5, 5.41) is 2.56. The van der Waals surface area contributed by atoms with E-state index >= 15 is 0 Å². The summed E-state index contributed by atoms with van der Waals surface area (Å²) in [5.41, 5.74) is -0.306. The zero-order chi connectivity index (χ0) is 21.0. The van der Waals surface area contributed by atoms with E-state index in [1.165, 1.54) is 24.4 Å². The van der Waals surface area contributed by atoms with Crippen LogP contribution in [0.15, 0.2) is 53.6 Å².